The van der Waals surface area contributed by atoms with Gasteiger partial charge in [0.25, 0.3) is 0 Å². The van der Waals surface area contributed by atoms with E-state index in [-0.39, 0.29) is 6.09 Å². The Balaban J connectivity index is 2.36. The van der Waals surface area contributed by atoms with E-state index in [2.05, 4.69) is 31.4 Å². The molecule has 1 saturated carbocycles. The van der Waals surface area contributed by atoms with Crippen LogP contribution in [-0.2, 0) is 4.74 Å². The minimum Gasteiger partial charge on any atom is -0.444 e. The van der Waals surface area contributed by atoms with Crippen molar-refractivity contribution in [3.8, 4) is 0 Å². The van der Waals surface area contributed by atoms with Crippen molar-refractivity contribution in [2.75, 3.05) is 6.54 Å². The summed E-state index contributed by atoms with van der Waals surface area (Å²) in [6.45, 7) is 13.0. The lowest BCUT2D eigenvalue weighted by Crippen LogP contribution is -2.47. The van der Waals surface area contributed by atoms with Gasteiger partial charge in [-0.1, -0.05) is 20.3 Å². The Bertz CT molecular complexity index is 319. The fourth-order valence-corrected chi connectivity index (χ4v) is 2.30. The third kappa shape index (κ3) is 6.12. The number of alkyl carbamates (subject to hydrolysis) is 1. The molecule has 0 aliphatic heterocycles. The van der Waals surface area contributed by atoms with Crippen LogP contribution in [0.15, 0.2) is 0 Å². The van der Waals surface area contributed by atoms with E-state index >= 15 is 0 Å². The van der Waals surface area contributed by atoms with Crippen molar-refractivity contribution in [1.82, 2.24) is 10.6 Å². The normalized spacial score (nSPS) is 20.1. The van der Waals surface area contributed by atoms with Gasteiger partial charge in [-0.2, -0.15) is 0 Å². The molecule has 2 N–H and O–H groups in total. The van der Waals surface area contributed by atoms with Crippen molar-refractivity contribution >= 4 is 6.09 Å². The smallest absolute Gasteiger partial charge is 0.407 e. The lowest BCUT2D eigenvalue weighted by atomic mass is 9.99. The Morgan fingerprint density at radius 2 is 1.95 bits per heavy atom. The number of hydrogen-bond acceptors (Lipinski definition) is 3. The lowest BCUT2D eigenvalue weighted by Gasteiger charge is -2.28. The second-order valence-corrected chi connectivity index (χ2v) is 7.41. The largest absolute Gasteiger partial charge is 0.444 e. The van der Waals surface area contributed by atoms with Crippen LogP contribution in [0.1, 0.15) is 67.2 Å². The number of ether oxygens (including phenoxy) is 1. The summed E-state index contributed by atoms with van der Waals surface area (Å²) in [5.74, 6) is 0. The van der Waals surface area contributed by atoms with Crippen LogP contribution in [-0.4, -0.2) is 30.3 Å². The van der Waals surface area contributed by atoms with Crippen LogP contribution in [0.2, 0.25) is 0 Å². The molecule has 1 rings (SSSR count). The van der Waals surface area contributed by atoms with Crippen LogP contribution in [0.25, 0.3) is 0 Å². The monoisotopic (exact) mass is 284 g/mol. The molecule has 0 radical (unpaired) electrons. The first-order chi connectivity index (χ1) is 9.16. The molecule has 0 aromatic heterocycles. The van der Waals surface area contributed by atoms with E-state index in [1.54, 1.807) is 0 Å². The Morgan fingerprint density at radius 1 is 1.35 bits per heavy atom. The molecule has 1 fully saturated rings. The van der Waals surface area contributed by atoms with Crippen molar-refractivity contribution < 1.29 is 9.53 Å². The molecule has 1 aliphatic rings. The van der Waals surface area contributed by atoms with Gasteiger partial charge in [0.05, 0.1) is 0 Å². The lowest BCUT2D eigenvalue weighted by molar-refractivity contribution is 0.0520. The van der Waals surface area contributed by atoms with Gasteiger partial charge in [-0.3, -0.25) is 0 Å². The third-order valence-electron chi connectivity index (χ3n) is 4.10. The van der Waals surface area contributed by atoms with Crippen molar-refractivity contribution in [1.29, 1.82) is 0 Å². The van der Waals surface area contributed by atoms with E-state index in [0.29, 0.717) is 24.0 Å². The highest BCUT2D eigenvalue weighted by Crippen LogP contribution is 2.48. The summed E-state index contributed by atoms with van der Waals surface area (Å²) in [7, 11) is 0. The van der Waals surface area contributed by atoms with Gasteiger partial charge in [-0.25, -0.2) is 4.79 Å². The van der Waals surface area contributed by atoms with E-state index < -0.39 is 5.60 Å². The summed E-state index contributed by atoms with van der Waals surface area (Å²) >= 11 is 0. The molecule has 4 nitrogen and oxygen atoms in total. The highest BCUT2D eigenvalue weighted by atomic mass is 16.6. The van der Waals surface area contributed by atoms with Gasteiger partial charge < -0.3 is 15.4 Å². The quantitative estimate of drug-likeness (QED) is 0.753. The number of carbonyl (C=O) groups excluding carboxylic acids is 1. The Labute approximate surface area is 124 Å². The van der Waals surface area contributed by atoms with Crippen LogP contribution in [0.5, 0.6) is 0 Å². The predicted octanol–water partition coefficient (Wildman–Crippen LogP) is 3.46. The van der Waals surface area contributed by atoms with E-state index in [1.807, 2.05) is 20.8 Å². The summed E-state index contributed by atoms with van der Waals surface area (Å²) in [6, 6.07) is 0.819. The minimum absolute atomic E-state index is 0.319. The zero-order valence-corrected chi connectivity index (χ0v) is 14.0. The van der Waals surface area contributed by atoms with Gasteiger partial charge in [-0.15, -0.1) is 0 Å². The van der Waals surface area contributed by atoms with Crippen LogP contribution in [0.3, 0.4) is 0 Å². The first-order valence-electron chi connectivity index (χ1n) is 7.89. The Kier molecular flexibility index (Phi) is 5.87. The standard InChI is InChI=1S/C16H32N2O2/c1-7-8-13(18-12(2)16(6)9-10-16)11-17-14(19)20-15(3,4)5/h12-13,18H,7-11H2,1-6H3,(H,17,19). The number of nitrogens with one attached hydrogen (secondary N) is 2. The molecule has 2 unspecified atom stereocenters. The summed E-state index contributed by atoms with van der Waals surface area (Å²) in [6.07, 6.45) is 4.46. The molecule has 0 spiro atoms. The zero-order valence-electron chi connectivity index (χ0n) is 14.0. The Hall–Kier alpha value is -0.770. The fourth-order valence-electron chi connectivity index (χ4n) is 2.30. The number of carbonyl (C=O) groups is 1. The van der Waals surface area contributed by atoms with Crippen molar-refractivity contribution in [3.05, 3.63) is 0 Å². The van der Waals surface area contributed by atoms with Gasteiger partial charge in [0.2, 0.25) is 0 Å². The van der Waals surface area contributed by atoms with Gasteiger partial charge in [0, 0.05) is 18.6 Å². The van der Waals surface area contributed by atoms with Crippen molar-refractivity contribution in [2.45, 2.75) is 84.9 Å². The molecular formula is C16H32N2O2. The molecular weight excluding hydrogens is 252 g/mol. The van der Waals surface area contributed by atoms with Gasteiger partial charge >= 0.3 is 6.09 Å². The number of hydrogen-bond donors (Lipinski definition) is 2. The second-order valence-electron chi connectivity index (χ2n) is 7.41. The number of rotatable bonds is 7. The fraction of sp³-hybridized carbons (Fsp3) is 0.938. The maximum absolute atomic E-state index is 11.7. The van der Waals surface area contributed by atoms with E-state index in [9.17, 15) is 4.79 Å². The van der Waals surface area contributed by atoms with E-state index in [1.165, 1.54) is 12.8 Å². The molecule has 20 heavy (non-hydrogen) atoms. The van der Waals surface area contributed by atoms with Crippen molar-refractivity contribution in [2.24, 2.45) is 5.41 Å². The first-order valence-corrected chi connectivity index (χ1v) is 7.89. The van der Waals surface area contributed by atoms with Crippen molar-refractivity contribution in [3.63, 3.8) is 0 Å². The van der Waals surface area contributed by atoms with Crippen LogP contribution in [0, 0.1) is 5.41 Å². The number of amides is 1. The first kappa shape index (κ1) is 17.3. The van der Waals surface area contributed by atoms with Crippen LogP contribution >= 0.6 is 0 Å². The molecule has 0 aromatic rings. The Morgan fingerprint density at radius 3 is 2.40 bits per heavy atom. The van der Waals surface area contributed by atoms with Gasteiger partial charge in [-0.05, 0) is 52.4 Å². The predicted molar refractivity (Wildman–Crippen MR) is 82.9 cm³/mol. The molecule has 0 bridgehead atoms. The van der Waals surface area contributed by atoms with Crippen LogP contribution < -0.4 is 10.6 Å². The van der Waals surface area contributed by atoms with E-state index in [0.717, 1.165) is 12.8 Å². The maximum Gasteiger partial charge on any atom is 0.407 e. The average molecular weight is 284 g/mol. The molecule has 0 heterocycles. The molecule has 2 atom stereocenters. The highest BCUT2D eigenvalue weighted by molar-refractivity contribution is 5.67. The average Bonchev–Trinajstić information content (AvgIpc) is 3.03. The second kappa shape index (κ2) is 6.79. The highest BCUT2D eigenvalue weighted by Gasteiger charge is 2.42. The van der Waals surface area contributed by atoms with Gasteiger partial charge in [0.1, 0.15) is 5.60 Å². The summed E-state index contributed by atoms with van der Waals surface area (Å²) in [5, 5.41) is 6.55. The zero-order chi connectivity index (χ0) is 15.4. The molecule has 0 saturated heterocycles. The minimum atomic E-state index is -0.438. The molecule has 1 amide bonds. The van der Waals surface area contributed by atoms with E-state index in [4.69, 9.17) is 4.74 Å². The maximum atomic E-state index is 11.7. The summed E-state index contributed by atoms with van der Waals surface area (Å²) in [5.41, 5.74) is 0.0183. The molecule has 1 aliphatic carbocycles. The third-order valence-corrected chi connectivity index (χ3v) is 4.10. The summed E-state index contributed by atoms with van der Waals surface area (Å²) in [4.78, 5) is 11.7. The molecule has 118 valence electrons. The molecule has 0 aromatic carbocycles. The summed E-state index contributed by atoms with van der Waals surface area (Å²) < 4.78 is 5.27. The SMILES string of the molecule is CCCC(CNC(=O)OC(C)(C)C)NC(C)C1(C)CC1. The van der Waals surface area contributed by atoms with Gasteiger partial charge in [0.15, 0.2) is 0 Å². The van der Waals surface area contributed by atoms with Crippen LogP contribution in [0.4, 0.5) is 4.79 Å². The topological polar surface area (TPSA) is 50.4 Å². The molecule has 4 heteroatoms.